The van der Waals surface area contributed by atoms with Gasteiger partial charge in [-0.3, -0.25) is 14.5 Å². The SMILES string of the molecule is CCCN(CCC)C(=O)c1c(NC(=O)c2ccc(S(=O)(=O)N3CCCCCC3)cc2)sc2c1CCN(C(C)C)C2. The Kier molecular flexibility index (Phi) is 10.4. The molecule has 0 atom stereocenters. The minimum absolute atomic E-state index is 0.0200. The zero-order valence-electron chi connectivity index (χ0n) is 24.4. The van der Waals surface area contributed by atoms with E-state index >= 15 is 0 Å². The van der Waals surface area contributed by atoms with Gasteiger partial charge in [-0.15, -0.1) is 11.3 Å². The number of benzene rings is 1. The van der Waals surface area contributed by atoms with E-state index in [0.717, 1.165) is 68.5 Å². The Balaban J connectivity index is 1.60. The number of fused-ring (bicyclic) bond motifs is 1. The molecule has 220 valence electrons. The molecule has 4 rings (SSSR count). The summed E-state index contributed by atoms with van der Waals surface area (Å²) in [6, 6.07) is 6.57. The molecule has 2 aromatic rings. The van der Waals surface area contributed by atoms with Crippen molar-refractivity contribution in [3.8, 4) is 0 Å². The average Bonchev–Trinajstić information content (AvgIpc) is 3.09. The van der Waals surface area contributed by atoms with Crippen LogP contribution in [-0.2, 0) is 23.0 Å². The standard InChI is InChI=1S/C30H44N4O4S2/c1-5-16-32(17-6-2)30(36)27-25-15-20-33(22(3)4)21-26(25)39-29(27)31-28(35)23-11-13-24(14-12-23)40(37,38)34-18-9-7-8-10-19-34/h11-14,22H,5-10,15-21H2,1-4H3,(H,31,35). The number of nitrogens with one attached hydrogen (secondary N) is 1. The van der Waals surface area contributed by atoms with Crippen LogP contribution in [0.1, 0.15) is 97.4 Å². The van der Waals surface area contributed by atoms with Gasteiger partial charge in [-0.25, -0.2) is 8.42 Å². The summed E-state index contributed by atoms with van der Waals surface area (Å²) in [5, 5.41) is 3.62. The first-order valence-corrected chi connectivity index (χ1v) is 17.0. The molecule has 40 heavy (non-hydrogen) atoms. The van der Waals surface area contributed by atoms with Crippen LogP contribution < -0.4 is 5.32 Å². The molecular weight excluding hydrogens is 544 g/mol. The van der Waals surface area contributed by atoms with Gasteiger partial charge in [0.2, 0.25) is 10.0 Å². The van der Waals surface area contributed by atoms with Crippen LogP contribution in [0.3, 0.4) is 0 Å². The summed E-state index contributed by atoms with van der Waals surface area (Å²) >= 11 is 1.49. The molecule has 10 heteroatoms. The van der Waals surface area contributed by atoms with Crippen molar-refractivity contribution in [3.63, 3.8) is 0 Å². The van der Waals surface area contributed by atoms with Crippen LogP contribution in [0.2, 0.25) is 0 Å². The Hall–Kier alpha value is -2.27. The number of carbonyl (C=O) groups excluding carboxylic acids is 2. The van der Waals surface area contributed by atoms with Crippen LogP contribution in [0.25, 0.3) is 0 Å². The summed E-state index contributed by atoms with van der Waals surface area (Å²) in [6.07, 6.45) is 6.35. The third-order valence-corrected chi connectivity index (χ3v) is 10.9. The maximum atomic E-state index is 13.8. The van der Waals surface area contributed by atoms with Crippen LogP contribution in [0.5, 0.6) is 0 Å². The summed E-state index contributed by atoms with van der Waals surface area (Å²) in [5.74, 6) is -0.363. The zero-order valence-corrected chi connectivity index (χ0v) is 26.0. The molecule has 2 aliphatic rings. The predicted octanol–water partition coefficient (Wildman–Crippen LogP) is 5.59. The van der Waals surface area contributed by atoms with Crippen molar-refractivity contribution >= 4 is 38.2 Å². The molecule has 0 radical (unpaired) electrons. The maximum absolute atomic E-state index is 13.8. The second-order valence-electron chi connectivity index (χ2n) is 11.1. The minimum Gasteiger partial charge on any atom is -0.339 e. The van der Waals surface area contributed by atoms with Crippen molar-refractivity contribution in [2.24, 2.45) is 0 Å². The van der Waals surface area contributed by atoms with Gasteiger partial charge in [0.05, 0.1) is 10.5 Å². The van der Waals surface area contributed by atoms with E-state index in [1.807, 2.05) is 4.90 Å². The number of thiophene rings is 1. The highest BCUT2D eigenvalue weighted by atomic mass is 32.2. The van der Waals surface area contributed by atoms with Crippen molar-refractivity contribution in [2.75, 3.05) is 38.0 Å². The van der Waals surface area contributed by atoms with Gasteiger partial charge in [-0.2, -0.15) is 4.31 Å². The molecule has 3 heterocycles. The van der Waals surface area contributed by atoms with Crippen LogP contribution in [0.4, 0.5) is 5.00 Å². The lowest BCUT2D eigenvalue weighted by atomic mass is 10.0. The number of hydrogen-bond acceptors (Lipinski definition) is 6. The first-order chi connectivity index (χ1) is 19.2. The van der Waals surface area contributed by atoms with Crippen LogP contribution in [-0.4, -0.2) is 73.1 Å². The molecule has 0 unspecified atom stereocenters. The van der Waals surface area contributed by atoms with Gasteiger partial charge in [0.25, 0.3) is 11.8 Å². The van der Waals surface area contributed by atoms with E-state index in [4.69, 9.17) is 0 Å². The lowest BCUT2D eigenvalue weighted by Gasteiger charge is -2.31. The molecule has 2 amide bonds. The summed E-state index contributed by atoms with van der Waals surface area (Å²) in [4.78, 5) is 32.9. The lowest BCUT2D eigenvalue weighted by molar-refractivity contribution is 0.0755. The molecule has 0 bridgehead atoms. The van der Waals surface area contributed by atoms with Crippen LogP contribution >= 0.6 is 11.3 Å². The highest BCUT2D eigenvalue weighted by Crippen LogP contribution is 2.39. The number of hydrogen-bond donors (Lipinski definition) is 1. The van der Waals surface area contributed by atoms with Crippen LogP contribution in [0.15, 0.2) is 29.2 Å². The minimum atomic E-state index is -3.59. The second kappa shape index (κ2) is 13.6. The number of rotatable bonds is 10. The first kappa shape index (κ1) is 30.7. The first-order valence-electron chi connectivity index (χ1n) is 14.8. The van der Waals surface area contributed by atoms with E-state index < -0.39 is 10.0 Å². The third kappa shape index (κ3) is 6.78. The molecular formula is C30H44N4O4S2. The fourth-order valence-corrected chi connectivity index (χ4v) is 8.35. The monoisotopic (exact) mass is 588 g/mol. The fraction of sp³-hybridized carbons (Fsp3) is 0.600. The van der Waals surface area contributed by atoms with Crippen molar-refractivity contribution in [3.05, 3.63) is 45.8 Å². The summed E-state index contributed by atoms with van der Waals surface area (Å²) < 4.78 is 27.9. The average molecular weight is 589 g/mol. The van der Waals surface area contributed by atoms with Gasteiger partial charge >= 0.3 is 0 Å². The van der Waals surface area contributed by atoms with E-state index in [0.29, 0.717) is 48.3 Å². The summed E-state index contributed by atoms with van der Waals surface area (Å²) in [6.45, 7) is 12.5. The summed E-state index contributed by atoms with van der Waals surface area (Å²) in [7, 11) is -3.59. The molecule has 1 saturated heterocycles. The van der Waals surface area contributed by atoms with E-state index in [2.05, 4.69) is 37.9 Å². The Morgan fingerprint density at radius 2 is 1.60 bits per heavy atom. The number of nitrogens with zero attached hydrogens (tertiary/aromatic N) is 3. The maximum Gasteiger partial charge on any atom is 0.257 e. The van der Waals surface area contributed by atoms with E-state index in [9.17, 15) is 18.0 Å². The number of carbonyl (C=O) groups is 2. The highest BCUT2D eigenvalue weighted by molar-refractivity contribution is 7.89. The molecule has 1 fully saturated rings. The Morgan fingerprint density at radius 3 is 2.17 bits per heavy atom. The number of sulfonamides is 1. The zero-order chi connectivity index (χ0) is 28.9. The van der Waals surface area contributed by atoms with E-state index in [1.165, 1.54) is 23.5 Å². The molecule has 0 saturated carbocycles. The molecule has 0 aliphatic carbocycles. The van der Waals surface area contributed by atoms with Crippen molar-refractivity contribution < 1.29 is 18.0 Å². The van der Waals surface area contributed by atoms with Gasteiger partial charge < -0.3 is 10.2 Å². The van der Waals surface area contributed by atoms with E-state index in [1.54, 1.807) is 16.4 Å². The Labute approximate surface area is 243 Å². The number of amides is 2. The Morgan fingerprint density at radius 1 is 0.975 bits per heavy atom. The Bertz CT molecular complexity index is 1270. The fourth-order valence-electron chi connectivity index (χ4n) is 5.58. The molecule has 1 N–H and O–H groups in total. The van der Waals surface area contributed by atoms with Gasteiger partial charge in [0, 0.05) is 55.8 Å². The van der Waals surface area contributed by atoms with Gasteiger partial charge in [0.1, 0.15) is 5.00 Å². The highest BCUT2D eigenvalue weighted by Gasteiger charge is 2.32. The lowest BCUT2D eigenvalue weighted by Crippen LogP contribution is -2.37. The van der Waals surface area contributed by atoms with Gasteiger partial charge in [-0.05, 0) is 75.8 Å². The second-order valence-corrected chi connectivity index (χ2v) is 14.2. The van der Waals surface area contributed by atoms with Crippen molar-refractivity contribution in [2.45, 2.75) is 90.1 Å². The summed E-state index contributed by atoms with van der Waals surface area (Å²) in [5.41, 5.74) is 2.04. The van der Waals surface area contributed by atoms with Gasteiger partial charge in [-0.1, -0.05) is 26.7 Å². The van der Waals surface area contributed by atoms with Crippen molar-refractivity contribution in [1.29, 1.82) is 0 Å². The van der Waals surface area contributed by atoms with E-state index in [-0.39, 0.29) is 16.7 Å². The smallest absolute Gasteiger partial charge is 0.257 e. The molecule has 2 aliphatic heterocycles. The van der Waals surface area contributed by atoms with Crippen molar-refractivity contribution in [1.82, 2.24) is 14.1 Å². The molecule has 0 spiro atoms. The van der Waals surface area contributed by atoms with Gasteiger partial charge in [0.15, 0.2) is 0 Å². The predicted molar refractivity (Wildman–Crippen MR) is 162 cm³/mol. The quantitative estimate of drug-likeness (QED) is 0.391. The third-order valence-electron chi connectivity index (χ3n) is 7.85. The molecule has 1 aromatic carbocycles. The largest absolute Gasteiger partial charge is 0.339 e. The number of anilines is 1. The normalized spacial score (nSPS) is 16.9. The molecule has 1 aromatic heterocycles. The van der Waals surface area contributed by atoms with Crippen LogP contribution in [0, 0.1) is 0 Å². The molecule has 8 nitrogen and oxygen atoms in total. The topological polar surface area (TPSA) is 90.0 Å².